The summed E-state index contributed by atoms with van der Waals surface area (Å²) < 4.78 is 0. The maximum Gasteiger partial charge on any atom is 0.278 e. The average molecular weight is 314 g/mol. The fraction of sp³-hybridized carbons (Fsp3) is 0.667. The molecule has 0 saturated heterocycles. The van der Waals surface area contributed by atoms with Gasteiger partial charge in [-0.3, -0.25) is 4.79 Å². The molecular formula is C3H7BiNOS. The van der Waals surface area contributed by atoms with Crippen LogP contribution in [0.4, 0.5) is 4.79 Å². The molecule has 3 radical (unpaired) electrons. The minimum atomic E-state index is -0.213. The second-order valence-corrected chi connectivity index (χ2v) is 1.56. The fourth-order valence-corrected chi connectivity index (χ4v) is 0. The predicted molar refractivity (Wildman–Crippen MR) is 33.8 cm³/mol. The molecule has 0 rings (SSSR count). The van der Waals surface area contributed by atoms with Crippen LogP contribution in [-0.2, 0) is 0 Å². The van der Waals surface area contributed by atoms with Gasteiger partial charge in [-0.05, 0) is 0 Å². The van der Waals surface area contributed by atoms with E-state index in [9.17, 15) is 4.79 Å². The van der Waals surface area contributed by atoms with E-state index in [-0.39, 0.29) is 31.4 Å². The number of hydrogen-bond acceptors (Lipinski definition) is 1. The minimum absolute atomic E-state index is 0. The zero-order valence-electron chi connectivity index (χ0n) is 4.25. The molecule has 0 aliphatic heterocycles. The van der Waals surface area contributed by atoms with Gasteiger partial charge < -0.3 is 4.90 Å². The van der Waals surface area contributed by atoms with Gasteiger partial charge in [0.05, 0.1) is 0 Å². The summed E-state index contributed by atoms with van der Waals surface area (Å²) in [6, 6.07) is 0. The van der Waals surface area contributed by atoms with Crippen molar-refractivity contribution in [3.05, 3.63) is 0 Å². The predicted octanol–water partition coefficient (Wildman–Crippen LogP) is 0.217. The number of rotatable bonds is 0. The third kappa shape index (κ3) is 6.70. The molecule has 41 valence electrons. The molecule has 0 saturated carbocycles. The Bertz CT molecular complexity index is 66.0. The number of hydrogen-bond donors (Lipinski definition) is 1. The molecule has 0 spiro atoms. The number of amides is 1. The fourth-order valence-electron chi connectivity index (χ4n) is 0. The molecule has 0 aromatic carbocycles. The van der Waals surface area contributed by atoms with Crippen molar-refractivity contribution in [2.75, 3.05) is 14.1 Å². The first-order chi connectivity index (χ1) is 2.64. The van der Waals surface area contributed by atoms with Gasteiger partial charge in [0, 0.05) is 40.3 Å². The number of carbonyl (C=O) groups excluding carboxylic acids is 1. The third-order valence-corrected chi connectivity index (χ3v) is 0.783. The summed E-state index contributed by atoms with van der Waals surface area (Å²) in [6.07, 6.45) is 0. The van der Waals surface area contributed by atoms with Crippen molar-refractivity contribution in [3.63, 3.8) is 0 Å². The van der Waals surface area contributed by atoms with Crippen LogP contribution in [0.2, 0.25) is 0 Å². The van der Waals surface area contributed by atoms with Gasteiger partial charge in [-0.15, -0.1) is 0 Å². The Morgan fingerprint density at radius 2 is 1.71 bits per heavy atom. The molecule has 0 N–H and O–H groups in total. The van der Waals surface area contributed by atoms with E-state index in [1.54, 1.807) is 14.1 Å². The van der Waals surface area contributed by atoms with E-state index in [4.69, 9.17) is 0 Å². The Morgan fingerprint density at radius 1 is 1.57 bits per heavy atom. The Labute approximate surface area is 67.8 Å². The van der Waals surface area contributed by atoms with Gasteiger partial charge in [-0.2, -0.15) is 0 Å². The Balaban J connectivity index is 0. The molecule has 2 nitrogen and oxygen atoms in total. The number of thiol groups is 1. The van der Waals surface area contributed by atoms with Crippen molar-refractivity contribution >= 4 is 44.1 Å². The van der Waals surface area contributed by atoms with E-state index in [2.05, 4.69) is 12.6 Å². The summed E-state index contributed by atoms with van der Waals surface area (Å²) in [7, 11) is 3.30. The van der Waals surface area contributed by atoms with E-state index in [1.807, 2.05) is 0 Å². The van der Waals surface area contributed by atoms with Crippen molar-refractivity contribution in [1.82, 2.24) is 4.90 Å². The molecule has 0 aliphatic rings. The first-order valence-corrected chi connectivity index (χ1v) is 1.99. The SMILES string of the molecule is CN(C)C(=O)S.[Bi]. The summed E-state index contributed by atoms with van der Waals surface area (Å²) in [4.78, 5) is 11.3. The van der Waals surface area contributed by atoms with Crippen molar-refractivity contribution in [1.29, 1.82) is 0 Å². The zero-order valence-corrected chi connectivity index (χ0v) is 8.62. The molecule has 0 aromatic heterocycles. The smallest absolute Gasteiger partial charge is 0.278 e. The van der Waals surface area contributed by atoms with Crippen LogP contribution in [0.15, 0.2) is 0 Å². The van der Waals surface area contributed by atoms with E-state index in [0.29, 0.717) is 0 Å². The first kappa shape index (κ1) is 10.6. The number of nitrogens with zero attached hydrogens (tertiary/aromatic N) is 1. The first-order valence-electron chi connectivity index (χ1n) is 1.55. The quantitative estimate of drug-likeness (QED) is 0.501. The van der Waals surface area contributed by atoms with Crippen molar-refractivity contribution in [3.8, 4) is 0 Å². The minimum Gasteiger partial charge on any atom is -0.340 e. The van der Waals surface area contributed by atoms with Gasteiger partial charge in [-0.1, -0.05) is 12.6 Å². The van der Waals surface area contributed by atoms with Gasteiger partial charge in [0.2, 0.25) is 0 Å². The summed E-state index contributed by atoms with van der Waals surface area (Å²) in [5.41, 5.74) is 0. The zero-order chi connectivity index (χ0) is 5.15. The van der Waals surface area contributed by atoms with E-state index in [0.717, 1.165) is 0 Å². The molecule has 0 unspecified atom stereocenters. The van der Waals surface area contributed by atoms with Crippen LogP contribution in [0.5, 0.6) is 0 Å². The molecule has 0 heterocycles. The van der Waals surface area contributed by atoms with Crippen LogP contribution >= 0.6 is 12.6 Å². The van der Waals surface area contributed by atoms with Gasteiger partial charge in [-0.25, -0.2) is 0 Å². The topological polar surface area (TPSA) is 20.3 Å². The van der Waals surface area contributed by atoms with Crippen LogP contribution in [0.25, 0.3) is 0 Å². The van der Waals surface area contributed by atoms with Crippen molar-refractivity contribution < 1.29 is 4.79 Å². The summed E-state index contributed by atoms with van der Waals surface area (Å²) in [5.74, 6) is 0. The van der Waals surface area contributed by atoms with Crippen molar-refractivity contribution in [2.24, 2.45) is 0 Å². The molecule has 0 aliphatic carbocycles. The maximum atomic E-state index is 9.93. The summed E-state index contributed by atoms with van der Waals surface area (Å²) in [6.45, 7) is 0. The number of carbonyl (C=O) groups is 1. The second-order valence-electron chi connectivity index (χ2n) is 1.18. The van der Waals surface area contributed by atoms with Crippen LogP contribution in [0, 0.1) is 0 Å². The van der Waals surface area contributed by atoms with Crippen LogP contribution in [0.3, 0.4) is 0 Å². The molecular weight excluding hydrogens is 307 g/mol. The van der Waals surface area contributed by atoms with E-state index in [1.165, 1.54) is 4.90 Å². The molecule has 0 atom stereocenters. The maximum absolute atomic E-state index is 9.93. The normalized spacial score (nSPS) is 6.71. The summed E-state index contributed by atoms with van der Waals surface area (Å²) in [5, 5.41) is -0.213. The Hall–Kier alpha value is 0.703. The molecule has 1 amide bonds. The Morgan fingerprint density at radius 3 is 1.71 bits per heavy atom. The standard InChI is InChI=1S/C3H7NOS.Bi/c1-4(2)3(5)6;/h1-2H3,(H,5,6);. The largest absolute Gasteiger partial charge is 0.340 e. The average Bonchev–Trinajstić information content (AvgIpc) is 1.36. The monoisotopic (exact) mass is 314 g/mol. The van der Waals surface area contributed by atoms with Crippen LogP contribution in [-0.4, -0.2) is 50.4 Å². The van der Waals surface area contributed by atoms with E-state index >= 15 is 0 Å². The molecule has 0 fully saturated rings. The van der Waals surface area contributed by atoms with Gasteiger partial charge in [0.15, 0.2) is 0 Å². The van der Waals surface area contributed by atoms with Crippen molar-refractivity contribution in [2.45, 2.75) is 0 Å². The second kappa shape index (κ2) is 4.85. The third-order valence-electron chi connectivity index (χ3n) is 0.383. The van der Waals surface area contributed by atoms with Gasteiger partial charge >= 0.3 is 0 Å². The van der Waals surface area contributed by atoms with Crippen LogP contribution < -0.4 is 0 Å². The molecule has 0 bridgehead atoms. The Kier molecular flexibility index (Phi) is 7.38. The molecule has 0 aromatic rings. The van der Waals surface area contributed by atoms with E-state index < -0.39 is 0 Å². The van der Waals surface area contributed by atoms with Crippen LogP contribution in [0.1, 0.15) is 0 Å². The molecule has 4 heteroatoms. The van der Waals surface area contributed by atoms with Gasteiger partial charge in [0.25, 0.3) is 5.24 Å². The summed E-state index contributed by atoms with van der Waals surface area (Å²) >= 11 is 3.48. The van der Waals surface area contributed by atoms with Gasteiger partial charge in [0.1, 0.15) is 0 Å². The molecule has 7 heavy (non-hydrogen) atoms.